The lowest BCUT2D eigenvalue weighted by Gasteiger charge is -2.45. The molecule has 2 aromatic rings. The summed E-state index contributed by atoms with van der Waals surface area (Å²) < 4.78 is 63.3. The number of halogens is 4. The number of anilines is 1. The third-order valence-electron chi connectivity index (χ3n) is 7.96. The van der Waals surface area contributed by atoms with Crippen LogP contribution >= 0.6 is 0 Å². The number of nitrogens with zero attached hydrogens (tertiary/aromatic N) is 4. The van der Waals surface area contributed by atoms with Crippen LogP contribution in [0.2, 0.25) is 0 Å². The summed E-state index contributed by atoms with van der Waals surface area (Å²) in [5.41, 5.74) is -0.350. The van der Waals surface area contributed by atoms with Crippen molar-refractivity contribution >= 4 is 24.7 Å². The largest absolute Gasteiger partial charge is 0.416 e. The van der Waals surface area contributed by atoms with E-state index in [0.29, 0.717) is 16.8 Å². The van der Waals surface area contributed by atoms with Crippen LogP contribution in [-0.4, -0.2) is 62.4 Å². The lowest BCUT2D eigenvalue weighted by atomic mass is 9.74. The molecule has 1 unspecified atom stereocenters. The minimum atomic E-state index is -4.60. The Bertz CT molecular complexity index is 1300. The number of carbonyl (C=O) groups excluding carboxylic acids is 1. The second kappa shape index (κ2) is 10.0. The number of amides is 1. The lowest BCUT2D eigenvalue weighted by molar-refractivity contribution is -0.138. The van der Waals surface area contributed by atoms with Crippen molar-refractivity contribution in [3.05, 3.63) is 64.2 Å². The number of rotatable bonds is 10. The van der Waals surface area contributed by atoms with Crippen LogP contribution in [0, 0.1) is 0 Å². The summed E-state index contributed by atoms with van der Waals surface area (Å²) in [4.78, 5) is 16.4. The van der Waals surface area contributed by atoms with Crippen LogP contribution in [-0.2, 0) is 29.4 Å². The van der Waals surface area contributed by atoms with Crippen molar-refractivity contribution in [3.8, 4) is 0 Å². The summed E-state index contributed by atoms with van der Waals surface area (Å²) in [5.74, 6) is -0.504. The molecule has 2 aliphatic heterocycles. The molecule has 1 N–H and O–H groups in total. The van der Waals surface area contributed by atoms with Gasteiger partial charge in [-0.05, 0) is 60.7 Å². The number of ether oxygens (including phenoxy) is 1. The molecular weight excluding hydrogens is 514 g/mol. The second-order valence-electron chi connectivity index (χ2n) is 11.0. The molecule has 1 saturated carbocycles. The maximum absolute atomic E-state index is 15.6. The number of carbonyl (C=O) groups is 1. The molecule has 5 rings (SSSR count). The summed E-state index contributed by atoms with van der Waals surface area (Å²) >= 11 is 0. The van der Waals surface area contributed by atoms with Crippen LogP contribution in [0.3, 0.4) is 0 Å². The molecule has 1 atom stereocenters. The van der Waals surface area contributed by atoms with E-state index in [-0.39, 0.29) is 49.5 Å². The molecule has 2 aromatic carbocycles. The first-order valence-corrected chi connectivity index (χ1v) is 12.8. The van der Waals surface area contributed by atoms with E-state index in [4.69, 9.17) is 4.74 Å². The van der Waals surface area contributed by atoms with Crippen molar-refractivity contribution in [2.45, 2.75) is 56.2 Å². The number of nitrogens with one attached hydrogen (secondary N) is 1. The highest BCUT2D eigenvalue weighted by Gasteiger charge is 2.49. The summed E-state index contributed by atoms with van der Waals surface area (Å²) in [6.07, 6.45) is -2.64. The van der Waals surface area contributed by atoms with Gasteiger partial charge in [-0.1, -0.05) is 12.1 Å². The predicted octanol–water partition coefficient (Wildman–Crippen LogP) is 4.69. The van der Waals surface area contributed by atoms with E-state index in [1.54, 1.807) is 42.3 Å². The molecule has 39 heavy (non-hydrogen) atoms. The molecule has 11 heteroatoms. The van der Waals surface area contributed by atoms with Gasteiger partial charge in [-0.25, -0.2) is 4.39 Å². The molecular formula is C28H31F4N5O2. The van der Waals surface area contributed by atoms with Gasteiger partial charge < -0.3 is 19.9 Å². The van der Waals surface area contributed by atoms with Crippen molar-refractivity contribution in [2.24, 2.45) is 10.2 Å². The zero-order valence-electron chi connectivity index (χ0n) is 21.9. The minimum absolute atomic E-state index is 0.0193. The van der Waals surface area contributed by atoms with Crippen molar-refractivity contribution < 1.29 is 27.1 Å². The first-order valence-electron chi connectivity index (χ1n) is 12.8. The van der Waals surface area contributed by atoms with E-state index in [2.05, 4.69) is 22.2 Å². The van der Waals surface area contributed by atoms with Crippen molar-refractivity contribution in [3.63, 3.8) is 0 Å². The molecule has 1 amide bonds. The fourth-order valence-electron chi connectivity index (χ4n) is 5.14. The van der Waals surface area contributed by atoms with Gasteiger partial charge in [0, 0.05) is 37.1 Å². The number of hydrogen-bond donors (Lipinski definition) is 1. The zero-order valence-corrected chi connectivity index (χ0v) is 21.9. The van der Waals surface area contributed by atoms with Gasteiger partial charge in [0.05, 0.1) is 37.3 Å². The predicted molar refractivity (Wildman–Crippen MR) is 141 cm³/mol. The maximum atomic E-state index is 15.6. The van der Waals surface area contributed by atoms with Gasteiger partial charge in [-0.3, -0.25) is 4.79 Å². The van der Waals surface area contributed by atoms with Crippen LogP contribution in [0.5, 0.6) is 0 Å². The molecule has 0 aromatic heterocycles. The van der Waals surface area contributed by atoms with Crippen LogP contribution < -0.4 is 10.2 Å². The van der Waals surface area contributed by atoms with Gasteiger partial charge in [0.15, 0.2) is 0 Å². The molecule has 208 valence electrons. The SMILES string of the molecule is C=N/N=C\N(C)CC(F)C1(c2cccc(N3Cc4c(cc(CNC5(C)CC5)cc4C(F)(F)F)C3=O)c2)COC1. The number of benzene rings is 2. The van der Waals surface area contributed by atoms with Crippen molar-refractivity contribution in [1.82, 2.24) is 10.2 Å². The Hall–Kier alpha value is -3.31. The van der Waals surface area contributed by atoms with Gasteiger partial charge in [0.2, 0.25) is 0 Å². The van der Waals surface area contributed by atoms with Gasteiger partial charge >= 0.3 is 6.18 Å². The third kappa shape index (κ3) is 5.29. The normalized spacial score (nSPS) is 20.1. The standard InChI is InChI=1S/C28H31F4N5O2/c1-26(7-8-26)34-12-18-9-21-22(23(10-18)28(30,31)32)13-37(25(21)38)20-6-4-5-19(11-20)27(15-39-16-27)24(29)14-36(3)17-35-33-2/h4-6,9-11,17,24,34H,2,7-8,12-16H2,1,3H3/b35-17-. The van der Waals surface area contributed by atoms with Gasteiger partial charge in [0.1, 0.15) is 12.5 Å². The van der Waals surface area contributed by atoms with E-state index < -0.39 is 29.2 Å². The number of alkyl halides is 4. The monoisotopic (exact) mass is 545 g/mol. The molecule has 3 aliphatic rings. The summed E-state index contributed by atoms with van der Waals surface area (Å²) in [5, 5.41) is 10.3. The maximum Gasteiger partial charge on any atom is 0.416 e. The van der Waals surface area contributed by atoms with E-state index in [0.717, 1.165) is 18.9 Å². The third-order valence-corrected chi connectivity index (χ3v) is 7.96. The second-order valence-corrected chi connectivity index (χ2v) is 11.0. The quantitative estimate of drug-likeness (QED) is 0.204. The number of hydrogen-bond acceptors (Lipinski definition) is 5. The van der Waals surface area contributed by atoms with Gasteiger partial charge in [-0.15, -0.1) is 5.10 Å². The fourth-order valence-corrected chi connectivity index (χ4v) is 5.14. The summed E-state index contributed by atoms with van der Waals surface area (Å²) in [7, 11) is 1.66. The topological polar surface area (TPSA) is 69.5 Å². The Morgan fingerprint density at radius 3 is 2.62 bits per heavy atom. The van der Waals surface area contributed by atoms with E-state index >= 15 is 4.39 Å². The fraction of sp³-hybridized carbons (Fsp3) is 0.464. The smallest absolute Gasteiger partial charge is 0.379 e. The van der Waals surface area contributed by atoms with Crippen molar-refractivity contribution in [2.75, 3.05) is 31.7 Å². The highest BCUT2D eigenvalue weighted by Crippen LogP contribution is 2.43. The molecule has 2 fully saturated rings. The molecule has 2 heterocycles. The van der Waals surface area contributed by atoms with Crippen LogP contribution in [0.1, 0.15) is 52.4 Å². The molecule has 0 radical (unpaired) electrons. The van der Waals surface area contributed by atoms with Crippen LogP contribution in [0.25, 0.3) is 0 Å². The van der Waals surface area contributed by atoms with E-state index in [1.165, 1.54) is 11.2 Å². The summed E-state index contributed by atoms with van der Waals surface area (Å²) in [6, 6.07) is 9.49. The average molecular weight is 546 g/mol. The van der Waals surface area contributed by atoms with Crippen LogP contribution in [0.4, 0.5) is 23.2 Å². The van der Waals surface area contributed by atoms with Crippen LogP contribution in [0.15, 0.2) is 46.6 Å². The highest BCUT2D eigenvalue weighted by molar-refractivity contribution is 6.10. The lowest BCUT2D eigenvalue weighted by Crippen LogP contribution is -2.56. The first kappa shape index (κ1) is 27.3. The molecule has 7 nitrogen and oxygen atoms in total. The van der Waals surface area contributed by atoms with E-state index in [1.807, 2.05) is 6.92 Å². The Morgan fingerprint density at radius 2 is 2.00 bits per heavy atom. The zero-order chi connectivity index (χ0) is 28.0. The van der Waals surface area contributed by atoms with E-state index in [9.17, 15) is 18.0 Å². The van der Waals surface area contributed by atoms with Gasteiger partial charge in [-0.2, -0.15) is 18.3 Å². The molecule has 0 spiro atoms. The van der Waals surface area contributed by atoms with Crippen molar-refractivity contribution in [1.29, 1.82) is 0 Å². The number of fused-ring (bicyclic) bond motifs is 1. The molecule has 0 bridgehead atoms. The molecule has 1 aliphatic carbocycles. The summed E-state index contributed by atoms with van der Waals surface area (Å²) in [6.45, 7) is 5.63. The molecule has 1 saturated heterocycles. The minimum Gasteiger partial charge on any atom is -0.379 e. The Kier molecular flexibility index (Phi) is 7.00. The average Bonchev–Trinajstić information content (AvgIpc) is 3.51. The first-order chi connectivity index (χ1) is 18.5. The highest BCUT2D eigenvalue weighted by atomic mass is 19.4. The Morgan fingerprint density at radius 1 is 1.26 bits per heavy atom. The Labute approximate surface area is 224 Å². The Balaban J connectivity index is 1.42. The van der Waals surface area contributed by atoms with Gasteiger partial charge in [0.25, 0.3) is 5.91 Å².